The van der Waals surface area contributed by atoms with E-state index in [1.165, 1.54) is 24.3 Å². The summed E-state index contributed by atoms with van der Waals surface area (Å²) in [5.41, 5.74) is 2.15. The summed E-state index contributed by atoms with van der Waals surface area (Å²) in [6, 6.07) is 11.2. The zero-order valence-electron chi connectivity index (χ0n) is 16.7. The smallest absolute Gasteiger partial charge is 0.251 e. The van der Waals surface area contributed by atoms with Gasteiger partial charge in [-0.2, -0.15) is 0 Å². The second kappa shape index (κ2) is 9.52. The van der Waals surface area contributed by atoms with Crippen molar-refractivity contribution in [2.75, 3.05) is 32.1 Å². The molecule has 0 aromatic heterocycles. The predicted molar refractivity (Wildman–Crippen MR) is 110 cm³/mol. The number of amides is 2. The van der Waals surface area contributed by atoms with Crippen molar-refractivity contribution in [3.63, 3.8) is 0 Å². The SMILES string of the molecule is COc1ccc(C)cc1NC(=O)CN1CCC(NC(=O)c2ccc(F)cc2)CC1. The number of ether oxygens (including phenoxy) is 1. The van der Waals surface area contributed by atoms with Gasteiger partial charge in [0.2, 0.25) is 5.91 Å². The Balaban J connectivity index is 1.46. The van der Waals surface area contributed by atoms with Gasteiger partial charge < -0.3 is 15.4 Å². The number of benzene rings is 2. The number of piperidine rings is 1. The number of rotatable bonds is 6. The van der Waals surface area contributed by atoms with Gasteiger partial charge in [-0.3, -0.25) is 14.5 Å². The van der Waals surface area contributed by atoms with Crippen molar-refractivity contribution in [1.82, 2.24) is 10.2 Å². The Morgan fingerprint density at radius 3 is 2.48 bits per heavy atom. The van der Waals surface area contributed by atoms with E-state index in [0.717, 1.165) is 18.4 Å². The van der Waals surface area contributed by atoms with Crippen molar-refractivity contribution >= 4 is 17.5 Å². The lowest BCUT2D eigenvalue weighted by Crippen LogP contribution is -2.46. The van der Waals surface area contributed by atoms with Gasteiger partial charge in [0.15, 0.2) is 0 Å². The fourth-order valence-electron chi connectivity index (χ4n) is 3.42. The van der Waals surface area contributed by atoms with Crippen molar-refractivity contribution in [1.29, 1.82) is 0 Å². The second-order valence-electron chi connectivity index (χ2n) is 7.28. The number of nitrogens with one attached hydrogen (secondary N) is 2. The molecule has 1 aliphatic heterocycles. The zero-order valence-corrected chi connectivity index (χ0v) is 16.7. The molecule has 2 aromatic carbocycles. The van der Waals surface area contributed by atoms with Crippen LogP contribution in [0.4, 0.5) is 10.1 Å². The minimum Gasteiger partial charge on any atom is -0.495 e. The maximum atomic E-state index is 13.0. The van der Waals surface area contributed by atoms with E-state index in [9.17, 15) is 14.0 Å². The molecule has 0 aliphatic carbocycles. The van der Waals surface area contributed by atoms with Crippen molar-refractivity contribution in [3.8, 4) is 5.75 Å². The third kappa shape index (κ3) is 5.77. The number of nitrogens with zero attached hydrogens (tertiary/aromatic N) is 1. The van der Waals surface area contributed by atoms with Crippen molar-refractivity contribution in [2.45, 2.75) is 25.8 Å². The molecule has 1 aliphatic rings. The number of carbonyl (C=O) groups excluding carboxylic acids is 2. The Morgan fingerprint density at radius 2 is 1.83 bits per heavy atom. The molecule has 0 spiro atoms. The Hall–Kier alpha value is -2.93. The number of halogens is 1. The number of hydrogen-bond donors (Lipinski definition) is 2. The van der Waals surface area contributed by atoms with E-state index in [2.05, 4.69) is 15.5 Å². The average molecular weight is 399 g/mol. The van der Waals surface area contributed by atoms with E-state index in [-0.39, 0.29) is 30.2 Å². The third-order valence-electron chi connectivity index (χ3n) is 5.03. The summed E-state index contributed by atoms with van der Waals surface area (Å²) in [5, 5.41) is 5.90. The van der Waals surface area contributed by atoms with Crippen LogP contribution in [0, 0.1) is 12.7 Å². The van der Waals surface area contributed by atoms with Gasteiger partial charge in [-0.05, 0) is 61.7 Å². The quantitative estimate of drug-likeness (QED) is 0.784. The van der Waals surface area contributed by atoms with Gasteiger partial charge in [0, 0.05) is 24.7 Å². The first kappa shape index (κ1) is 20.8. The van der Waals surface area contributed by atoms with E-state index in [4.69, 9.17) is 4.74 Å². The van der Waals surface area contributed by atoms with E-state index >= 15 is 0 Å². The lowest BCUT2D eigenvalue weighted by atomic mass is 10.0. The summed E-state index contributed by atoms with van der Waals surface area (Å²) in [6.45, 7) is 3.68. The molecule has 0 bridgehead atoms. The highest BCUT2D eigenvalue weighted by Gasteiger charge is 2.23. The van der Waals surface area contributed by atoms with Crippen LogP contribution in [0.2, 0.25) is 0 Å². The van der Waals surface area contributed by atoms with Gasteiger partial charge in [-0.25, -0.2) is 4.39 Å². The van der Waals surface area contributed by atoms with E-state index in [1.807, 2.05) is 25.1 Å². The molecule has 29 heavy (non-hydrogen) atoms. The number of aryl methyl sites for hydroxylation is 1. The second-order valence-corrected chi connectivity index (χ2v) is 7.28. The molecule has 1 saturated heterocycles. The topological polar surface area (TPSA) is 70.7 Å². The van der Waals surface area contributed by atoms with Crippen molar-refractivity contribution < 1.29 is 18.7 Å². The number of anilines is 1. The summed E-state index contributed by atoms with van der Waals surface area (Å²) >= 11 is 0. The van der Waals surface area contributed by atoms with Gasteiger partial charge in [0.25, 0.3) is 5.91 Å². The minimum atomic E-state index is -0.364. The van der Waals surface area contributed by atoms with Crippen LogP contribution in [0.25, 0.3) is 0 Å². The van der Waals surface area contributed by atoms with Crippen LogP contribution >= 0.6 is 0 Å². The lowest BCUT2D eigenvalue weighted by molar-refractivity contribution is -0.117. The normalized spacial score (nSPS) is 15.0. The summed E-state index contributed by atoms with van der Waals surface area (Å²) in [7, 11) is 1.57. The molecule has 2 N–H and O–H groups in total. The molecule has 3 rings (SSSR count). The molecule has 6 nitrogen and oxygen atoms in total. The van der Waals surface area contributed by atoms with Crippen molar-refractivity contribution in [3.05, 3.63) is 59.4 Å². The highest BCUT2D eigenvalue weighted by molar-refractivity contribution is 5.94. The Bertz CT molecular complexity index is 862. The maximum absolute atomic E-state index is 13.0. The Labute approximate surface area is 170 Å². The fraction of sp³-hybridized carbons (Fsp3) is 0.364. The molecule has 0 unspecified atom stereocenters. The number of likely N-dealkylation sites (tertiary alicyclic amines) is 1. The molecule has 0 radical (unpaired) electrons. The zero-order chi connectivity index (χ0) is 20.8. The third-order valence-corrected chi connectivity index (χ3v) is 5.03. The van der Waals surface area contributed by atoms with Gasteiger partial charge in [-0.1, -0.05) is 6.07 Å². The lowest BCUT2D eigenvalue weighted by Gasteiger charge is -2.31. The van der Waals surface area contributed by atoms with Crippen LogP contribution in [0.5, 0.6) is 5.75 Å². The minimum absolute atomic E-state index is 0.0451. The number of methoxy groups -OCH3 is 1. The van der Waals surface area contributed by atoms with Crippen LogP contribution in [0.1, 0.15) is 28.8 Å². The summed E-state index contributed by atoms with van der Waals surface area (Å²) in [4.78, 5) is 26.7. The number of hydrogen-bond acceptors (Lipinski definition) is 4. The van der Waals surface area contributed by atoms with Crippen molar-refractivity contribution in [2.24, 2.45) is 0 Å². The van der Waals surface area contributed by atoms with Crippen LogP contribution < -0.4 is 15.4 Å². The fourth-order valence-corrected chi connectivity index (χ4v) is 3.42. The highest BCUT2D eigenvalue weighted by Crippen LogP contribution is 2.25. The molecule has 2 amide bonds. The van der Waals surface area contributed by atoms with Crippen LogP contribution in [0.3, 0.4) is 0 Å². The van der Waals surface area contributed by atoms with Gasteiger partial charge in [0.1, 0.15) is 11.6 Å². The highest BCUT2D eigenvalue weighted by atomic mass is 19.1. The molecule has 0 saturated carbocycles. The van der Waals surface area contributed by atoms with E-state index in [0.29, 0.717) is 30.1 Å². The van der Waals surface area contributed by atoms with Gasteiger partial charge in [-0.15, -0.1) is 0 Å². The Kier molecular flexibility index (Phi) is 6.82. The van der Waals surface area contributed by atoms with Crippen LogP contribution in [0.15, 0.2) is 42.5 Å². The first-order chi connectivity index (χ1) is 13.9. The molecule has 1 fully saturated rings. The summed E-state index contributed by atoms with van der Waals surface area (Å²) in [5.74, 6) is -0.0296. The molecule has 2 aromatic rings. The molecular formula is C22H26FN3O3. The van der Waals surface area contributed by atoms with E-state index < -0.39 is 0 Å². The predicted octanol–water partition coefficient (Wildman–Crippen LogP) is 2.98. The largest absolute Gasteiger partial charge is 0.495 e. The van der Waals surface area contributed by atoms with Crippen LogP contribution in [-0.4, -0.2) is 49.5 Å². The molecule has 0 atom stereocenters. The first-order valence-electron chi connectivity index (χ1n) is 9.68. The maximum Gasteiger partial charge on any atom is 0.251 e. The summed E-state index contributed by atoms with van der Waals surface area (Å²) < 4.78 is 18.3. The summed E-state index contributed by atoms with van der Waals surface area (Å²) in [6.07, 6.45) is 1.52. The van der Waals surface area contributed by atoms with Gasteiger partial charge >= 0.3 is 0 Å². The molecule has 154 valence electrons. The Morgan fingerprint density at radius 1 is 1.14 bits per heavy atom. The standard InChI is InChI=1S/C22H26FN3O3/c1-15-3-8-20(29-2)19(13-15)25-21(27)14-26-11-9-18(10-12-26)24-22(28)16-4-6-17(23)7-5-16/h3-8,13,18H,9-12,14H2,1-2H3,(H,24,28)(H,25,27). The van der Waals surface area contributed by atoms with Crippen LogP contribution in [-0.2, 0) is 4.79 Å². The first-order valence-corrected chi connectivity index (χ1v) is 9.68. The molecule has 7 heteroatoms. The monoisotopic (exact) mass is 399 g/mol. The molecular weight excluding hydrogens is 373 g/mol. The van der Waals surface area contributed by atoms with Gasteiger partial charge in [0.05, 0.1) is 19.3 Å². The molecule has 1 heterocycles. The van der Waals surface area contributed by atoms with E-state index in [1.54, 1.807) is 7.11 Å². The number of carbonyl (C=O) groups is 2. The average Bonchev–Trinajstić information content (AvgIpc) is 2.70.